The molecule has 0 unspecified atom stereocenters. The molecule has 1 rings (SSSR count). The van der Waals surface area contributed by atoms with Gasteiger partial charge in [-0.05, 0) is 31.3 Å². The van der Waals surface area contributed by atoms with Crippen molar-refractivity contribution in [2.45, 2.75) is 27.1 Å². The van der Waals surface area contributed by atoms with Crippen LogP contribution < -0.4 is 0 Å². The van der Waals surface area contributed by atoms with Crippen molar-refractivity contribution in [3.05, 3.63) is 24.3 Å². The van der Waals surface area contributed by atoms with Crippen LogP contribution in [0.15, 0.2) is 24.3 Å². The van der Waals surface area contributed by atoms with Gasteiger partial charge in [-0.2, -0.15) is 0 Å². The molecular formula is C10H15B3O5. The molecule has 0 amide bonds. The van der Waals surface area contributed by atoms with E-state index in [1.807, 2.05) is 6.92 Å². The molecule has 94 valence electrons. The second-order valence-corrected chi connectivity index (χ2v) is 4.20. The molecule has 8 heteroatoms. The Morgan fingerprint density at radius 1 is 0.944 bits per heavy atom. The summed E-state index contributed by atoms with van der Waals surface area (Å²) in [4.78, 5) is 23.5. The minimum absolute atomic E-state index is 0.304. The van der Waals surface area contributed by atoms with E-state index in [2.05, 4.69) is 13.2 Å². The van der Waals surface area contributed by atoms with E-state index in [9.17, 15) is 9.59 Å². The Balaban J connectivity index is 2.84. The molecule has 0 aromatic carbocycles. The highest BCUT2D eigenvalue weighted by atomic mass is 16.7. The van der Waals surface area contributed by atoms with Crippen LogP contribution in [0.3, 0.4) is 0 Å². The third kappa shape index (κ3) is 3.44. The number of carbonyl (C=O) groups is 2. The van der Waals surface area contributed by atoms with Crippen molar-refractivity contribution in [3.8, 4) is 0 Å². The zero-order valence-corrected chi connectivity index (χ0v) is 10.9. The SMILES string of the molecule is C=C(C)C(=O)B1OB(CC)OB(C(=O)C(=C)C)O1. The summed E-state index contributed by atoms with van der Waals surface area (Å²) in [6.45, 7) is 12.0. The molecule has 1 aliphatic heterocycles. The van der Waals surface area contributed by atoms with Crippen LogP contribution in [0.5, 0.6) is 0 Å². The van der Waals surface area contributed by atoms with Crippen LogP contribution in [-0.2, 0) is 23.3 Å². The van der Waals surface area contributed by atoms with Gasteiger partial charge in [-0.25, -0.2) is 0 Å². The molecule has 0 spiro atoms. The van der Waals surface area contributed by atoms with Gasteiger partial charge < -0.3 is 13.7 Å². The van der Waals surface area contributed by atoms with Gasteiger partial charge in [0.15, 0.2) is 11.4 Å². The lowest BCUT2D eigenvalue weighted by Crippen LogP contribution is -2.55. The van der Waals surface area contributed by atoms with Gasteiger partial charge in [-0.3, -0.25) is 9.59 Å². The summed E-state index contributed by atoms with van der Waals surface area (Å²) < 4.78 is 15.8. The molecule has 0 aliphatic carbocycles. The minimum atomic E-state index is -1.14. The average molecular weight is 248 g/mol. The average Bonchev–Trinajstić information content (AvgIpc) is 2.35. The maximum Gasteiger partial charge on any atom is 0.510 e. The van der Waals surface area contributed by atoms with Gasteiger partial charge in [0.05, 0.1) is 0 Å². The van der Waals surface area contributed by atoms with Gasteiger partial charge in [0.1, 0.15) is 0 Å². The van der Waals surface area contributed by atoms with Crippen molar-refractivity contribution in [1.29, 1.82) is 0 Å². The zero-order chi connectivity index (χ0) is 13.9. The lowest BCUT2D eigenvalue weighted by molar-refractivity contribution is -0.111. The predicted molar refractivity (Wildman–Crippen MR) is 70.6 cm³/mol. The third-order valence-electron chi connectivity index (χ3n) is 2.40. The predicted octanol–water partition coefficient (Wildman–Crippen LogP) is 0.903. The number of carbonyl (C=O) groups excluding carboxylic acids is 2. The molecule has 1 heterocycles. The molecule has 1 fully saturated rings. The van der Waals surface area contributed by atoms with Crippen molar-refractivity contribution < 1.29 is 23.3 Å². The van der Waals surface area contributed by atoms with Gasteiger partial charge in [-0.15, -0.1) is 0 Å². The van der Waals surface area contributed by atoms with Crippen LogP contribution in [0.4, 0.5) is 0 Å². The first-order valence-corrected chi connectivity index (χ1v) is 5.72. The molecule has 1 aliphatic rings. The first-order valence-electron chi connectivity index (χ1n) is 5.72. The van der Waals surface area contributed by atoms with Crippen LogP contribution in [0.1, 0.15) is 20.8 Å². The molecule has 5 nitrogen and oxygen atoms in total. The second kappa shape index (κ2) is 6.18. The number of rotatable bonds is 5. The Morgan fingerprint density at radius 2 is 1.33 bits per heavy atom. The standard InChI is InChI=1S/C10H15B3O5/c1-6-11-16-12(9(14)7(2)3)18-13(17-11)10(15)8(4)5/h2,4,6H2,1,3,5H3. The van der Waals surface area contributed by atoms with Crippen LogP contribution >= 0.6 is 0 Å². The minimum Gasteiger partial charge on any atom is -0.446 e. The van der Waals surface area contributed by atoms with E-state index in [0.717, 1.165) is 0 Å². The van der Waals surface area contributed by atoms with E-state index in [1.54, 1.807) is 13.8 Å². The maximum absolute atomic E-state index is 11.8. The Bertz CT molecular complexity index is 361. The molecule has 0 N–H and O–H groups in total. The number of hydrogen-bond donors (Lipinski definition) is 0. The van der Waals surface area contributed by atoms with Gasteiger partial charge >= 0.3 is 21.4 Å². The van der Waals surface area contributed by atoms with E-state index in [4.69, 9.17) is 13.7 Å². The first-order chi connectivity index (χ1) is 8.36. The van der Waals surface area contributed by atoms with Crippen LogP contribution in [0.25, 0.3) is 0 Å². The number of hydrogen-bond acceptors (Lipinski definition) is 5. The van der Waals surface area contributed by atoms with E-state index in [0.29, 0.717) is 17.5 Å². The summed E-state index contributed by atoms with van der Waals surface area (Å²) in [5.74, 6) is 0. The highest BCUT2D eigenvalue weighted by molar-refractivity contribution is 6.99. The van der Waals surface area contributed by atoms with E-state index in [-0.39, 0.29) is 0 Å². The molecule has 0 radical (unpaired) electrons. The maximum atomic E-state index is 11.8. The van der Waals surface area contributed by atoms with Crippen molar-refractivity contribution in [1.82, 2.24) is 0 Å². The highest BCUT2D eigenvalue weighted by Crippen LogP contribution is 2.15. The molecule has 0 atom stereocenters. The quantitative estimate of drug-likeness (QED) is 0.534. The fourth-order valence-electron chi connectivity index (χ4n) is 1.33. The van der Waals surface area contributed by atoms with Crippen LogP contribution in [0, 0.1) is 0 Å². The Hall–Kier alpha value is -1.11. The lowest BCUT2D eigenvalue weighted by atomic mass is 9.63. The molecule has 0 saturated carbocycles. The third-order valence-corrected chi connectivity index (χ3v) is 2.40. The fourth-order valence-corrected chi connectivity index (χ4v) is 1.33. The number of allylic oxidation sites excluding steroid dienone is 2. The highest BCUT2D eigenvalue weighted by Gasteiger charge is 2.47. The summed E-state index contributed by atoms with van der Waals surface area (Å²) in [6.07, 6.45) is 0.503. The summed E-state index contributed by atoms with van der Waals surface area (Å²) in [6, 6.07) is 0. The smallest absolute Gasteiger partial charge is 0.446 e. The van der Waals surface area contributed by atoms with Gasteiger partial charge in [0, 0.05) is 0 Å². The largest absolute Gasteiger partial charge is 0.510 e. The first kappa shape index (κ1) is 15.0. The van der Waals surface area contributed by atoms with Crippen LogP contribution in [-0.4, -0.2) is 32.7 Å². The molecule has 0 aromatic heterocycles. The van der Waals surface area contributed by atoms with Crippen molar-refractivity contribution in [2.24, 2.45) is 0 Å². The lowest BCUT2D eigenvalue weighted by Gasteiger charge is -2.29. The summed E-state index contributed by atoms with van der Waals surface area (Å²) >= 11 is 0. The van der Waals surface area contributed by atoms with Crippen molar-refractivity contribution in [2.75, 3.05) is 0 Å². The zero-order valence-electron chi connectivity index (χ0n) is 10.9. The van der Waals surface area contributed by atoms with E-state index >= 15 is 0 Å². The van der Waals surface area contributed by atoms with Gasteiger partial charge in [0.25, 0.3) is 0 Å². The molecule has 0 aromatic rings. The van der Waals surface area contributed by atoms with Crippen molar-refractivity contribution in [3.63, 3.8) is 0 Å². The Labute approximate surface area is 108 Å². The van der Waals surface area contributed by atoms with E-state index < -0.39 is 32.7 Å². The van der Waals surface area contributed by atoms with Crippen molar-refractivity contribution >= 4 is 32.7 Å². The summed E-state index contributed by atoms with van der Waals surface area (Å²) in [5, 5.41) is 0. The Kier molecular flexibility index (Phi) is 5.13. The van der Waals surface area contributed by atoms with Gasteiger partial charge in [-0.1, -0.05) is 20.1 Å². The molecule has 18 heavy (non-hydrogen) atoms. The topological polar surface area (TPSA) is 61.8 Å². The van der Waals surface area contributed by atoms with Crippen LogP contribution in [0.2, 0.25) is 6.32 Å². The fraction of sp³-hybridized carbons (Fsp3) is 0.400. The molecular weight excluding hydrogens is 233 g/mol. The Morgan fingerprint density at radius 3 is 1.61 bits per heavy atom. The molecule has 0 bridgehead atoms. The molecule has 1 saturated heterocycles. The van der Waals surface area contributed by atoms with Gasteiger partial charge in [0.2, 0.25) is 0 Å². The summed E-state index contributed by atoms with van der Waals surface area (Å²) in [5.41, 5.74) is -0.177. The summed E-state index contributed by atoms with van der Waals surface area (Å²) in [7, 11) is -2.94. The second-order valence-electron chi connectivity index (χ2n) is 4.20. The van der Waals surface area contributed by atoms with E-state index in [1.165, 1.54) is 0 Å². The normalized spacial score (nSPS) is 15.6. The monoisotopic (exact) mass is 248 g/mol.